The Balaban J connectivity index is 2.66. The minimum atomic E-state index is -3.60. The number of benzene rings is 1. The van der Waals surface area contributed by atoms with Crippen LogP contribution in [-0.2, 0) is 21.3 Å². The van der Waals surface area contributed by atoms with Gasteiger partial charge in [0.1, 0.15) is 0 Å². The molecule has 0 atom stereocenters. The minimum absolute atomic E-state index is 0.277. The molecule has 0 saturated heterocycles. The third-order valence-corrected chi connectivity index (χ3v) is 5.44. The second-order valence-corrected chi connectivity index (χ2v) is 8.87. The van der Waals surface area contributed by atoms with Crippen molar-refractivity contribution in [3.8, 4) is 0 Å². The van der Waals surface area contributed by atoms with Gasteiger partial charge in [-0.3, -0.25) is 4.99 Å². The van der Waals surface area contributed by atoms with Crippen LogP contribution in [0.1, 0.15) is 46.1 Å². The number of unbranched alkanes of at least 4 members (excludes halogenated alkanes) is 1. The first-order chi connectivity index (χ1) is 12.7. The fourth-order valence-corrected chi connectivity index (χ4v) is 4.11. The zero-order valence-corrected chi connectivity index (χ0v) is 17.9. The fraction of sp³-hybridized carbons (Fsp3) is 0.632. The lowest BCUT2D eigenvalue weighted by Crippen LogP contribution is -2.41. The van der Waals surface area contributed by atoms with Gasteiger partial charge >= 0.3 is 0 Å². The first-order valence-electron chi connectivity index (χ1n) is 9.33. The minimum Gasteiger partial charge on any atom is -0.382 e. The molecule has 0 unspecified atom stereocenters. The Morgan fingerprint density at radius 2 is 1.85 bits per heavy atom. The summed E-state index contributed by atoms with van der Waals surface area (Å²) in [5.74, 6) is 0.641. The summed E-state index contributed by atoms with van der Waals surface area (Å²) in [6.07, 6.45) is 1.96. The lowest BCUT2D eigenvalue weighted by atomic mass is 10.1. The van der Waals surface area contributed by atoms with E-state index < -0.39 is 15.6 Å². The van der Waals surface area contributed by atoms with Crippen LogP contribution in [0.3, 0.4) is 0 Å². The lowest BCUT2D eigenvalue weighted by Gasteiger charge is -2.22. The van der Waals surface area contributed by atoms with Crippen molar-refractivity contribution >= 4 is 16.0 Å². The Morgan fingerprint density at radius 1 is 1.15 bits per heavy atom. The average Bonchev–Trinajstić information content (AvgIpc) is 2.58. The number of ether oxygens (including phenoxy) is 1. The molecule has 27 heavy (non-hydrogen) atoms. The van der Waals surface area contributed by atoms with Crippen LogP contribution in [0.25, 0.3) is 0 Å². The van der Waals surface area contributed by atoms with Gasteiger partial charge in [-0.1, -0.05) is 18.2 Å². The third kappa shape index (κ3) is 9.21. The maximum absolute atomic E-state index is 12.7. The van der Waals surface area contributed by atoms with Gasteiger partial charge in [0.05, 0.1) is 4.90 Å². The van der Waals surface area contributed by atoms with Crippen LogP contribution < -0.4 is 15.4 Å². The van der Waals surface area contributed by atoms with Crippen molar-refractivity contribution in [2.45, 2.75) is 57.5 Å². The summed E-state index contributed by atoms with van der Waals surface area (Å²) in [6, 6.07) is 6.98. The zero-order valence-electron chi connectivity index (χ0n) is 17.1. The highest BCUT2D eigenvalue weighted by Gasteiger charge is 2.24. The Hall–Kier alpha value is -1.64. The summed E-state index contributed by atoms with van der Waals surface area (Å²) >= 11 is 0. The van der Waals surface area contributed by atoms with Gasteiger partial charge in [-0.2, -0.15) is 0 Å². The van der Waals surface area contributed by atoms with E-state index in [1.807, 2.05) is 33.8 Å². The molecule has 0 spiro atoms. The molecule has 1 rings (SSSR count). The van der Waals surface area contributed by atoms with E-state index in [1.54, 1.807) is 25.2 Å². The Labute approximate surface area is 164 Å². The normalized spacial score (nSPS) is 12.9. The van der Waals surface area contributed by atoms with E-state index in [4.69, 9.17) is 4.74 Å². The van der Waals surface area contributed by atoms with Crippen LogP contribution in [0, 0.1) is 0 Å². The summed E-state index contributed by atoms with van der Waals surface area (Å²) in [5.41, 5.74) is 0.145. The monoisotopic (exact) mass is 398 g/mol. The van der Waals surface area contributed by atoms with Crippen molar-refractivity contribution in [2.24, 2.45) is 4.99 Å². The zero-order chi connectivity index (χ0) is 20.3. The van der Waals surface area contributed by atoms with Crippen molar-refractivity contribution in [2.75, 3.05) is 26.8 Å². The number of hydrogen-bond acceptors (Lipinski definition) is 4. The van der Waals surface area contributed by atoms with Gasteiger partial charge in [-0.15, -0.1) is 0 Å². The fourth-order valence-electron chi connectivity index (χ4n) is 2.45. The predicted molar refractivity (Wildman–Crippen MR) is 110 cm³/mol. The molecule has 0 heterocycles. The van der Waals surface area contributed by atoms with Crippen LogP contribution in [0.2, 0.25) is 0 Å². The van der Waals surface area contributed by atoms with Gasteiger partial charge < -0.3 is 15.4 Å². The second-order valence-electron chi connectivity index (χ2n) is 7.22. The van der Waals surface area contributed by atoms with Crippen molar-refractivity contribution in [3.05, 3.63) is 29.8 Å². The highest BCUT2D eigenvalue weighted by atomic mass is 32.2. The molecule has 0 fully saturated rings. The van der Waals surface area contributed by atoms with Gasteiger partial charge in [-0.25, -0.2) is 13.1 Å². The first kappa shape index (κ1) is 23.4. The maximum atomic E-state index is 12.7. The van der Waals surface area contributed by atoms with Gasteiger partial charge in [0, 0.05) is 38.9 Å². The molecule has 0 aliphatic rings. The molecule has 0 bridgehead atoms. The largest absolute Gasteiger partial charge is 0.382 e. The number of aliphatic imine (C=N–C) groups is 1. The van der Waals surface area contributed by atoms with Gasteiger partial charge in [0.15, 0.2) is 5.96 Å². The number of sulfonamides is 1. The summed E-state index contributed by atoms with van der Waals surface area (Å²) in [7, 11) is -1.90. The lowest BCUT2D eigenvalue weighted by molar-refractivity contribution is 0.143. The van der Waals surface area contributed by atoms with E-state index in [0.29, 0.717) is 18.1 Å². The van der Waals surface area contributed by atoms with Crippen LogP contribution in [0.5, 0.6) is 0 Å². The number of nitrogens with one attached hydrogen (secondary N) is 3. The molecule has 0 radical (unpaired) electrons. The van der Waals surface area contributed by atoms with E-state index in [2.05, 4.69) is 20.3 Å². The second kappa shape index (κ2) is 11.3. The van der Waals surface area contributed by atoms with Crippen LogP contribution >= 0.6 is 0 Å². The molecule has 7 nitrogen and oxygen atoms in total. The van der Waals surface area contributed by atoms with Crippen LogP contribution in [-0.4, -0.2) is 46.7 Å². The van der Waals surface area contributed by atoms with E-state index in [9.17, 15) is 8.42 Å². The summed E-state index contributed by atoms with van der Waals surface area (Å²) in [4.78, 5) is 4.46. The van der Waals surface area contributed by atoms with E-state index in [-0.39, 0.29) is 4.90 Å². The van der Waals surface area contributed by atoms with Crippen LogP contribution in [0.4, 0.5) is 0 Å². The Bertz CT molecular complexity index is 697. The Morgan fingerprint density at radius 3 is 2.48 bits per heavy atom. The van der Waals surface area contributed by atoms with E-state index in [0.717, 1.165) is 32.6 Å². The SMILES string of the molecule is CCOCCCCNC(=NC)NCc1ccccc1S(=O)(=O)NC(C)(C)C. The smallest absolute Gasteiger partial charge is 0.241 e. The number of hydrogen-bond donors (Lipinski definition) is 3. The van der Waals surface area contributed by atoms with E-state index >= 15 is 0 Å². The molecule has 8 heteroatoms. The van der Waals surface area contributed by atoms with Gasteiger partial charge in [-0.05, 0) is 52.2 Å². The highest BCUT2D eigenvalue weighted by Crippen LogP contribution is 2.17. The molecular weight excluding hydrogens is 364 g/mol. The average molecular weight is 399 g/mol. The Kier molecular flexibility index (Phi) is 9.76. The standard InChI is InChI=1S/C19H34N4O3S/c1-6-26-14-10-9-13-21-18(20-5)22-15-16-11-7-8-12-17(16)27(24,25)23-19(2,3)4/h7-8,11-12,23H,6,9-10,13-15H2,1-5H3,(H2,20,21,22). The molecule has 3 N–H and O–H groups in total. The molecule has 1 aromatic rings. The summed E-state index contributed by atoms with van der Waals surface area (Å²) in [6.45, 7) is 10.1. The number of nitrogens with zero attached hydrogens (tertiary/aromatic N) is 1. The predicted octanol–water partition coefficient (Wildman–Crippen LogP) is 2.25. The molecule has 154 valence electrons. The number of guanidine groups is 1. The van der Waals surface area contributed by atoms with Gasteiger partial charge in [0.2, 0.25) is 10.0 Å². The van der Waals surface area contributed by atoms with Crippen molar-refractivity contribution in [3.63, 3.8) is 0 Å². The summed E-state index contributed by atoms with van der Waals surface area (Å²) < 4.78 is 33.4. The quantitative estimate of drug-likeness (QED) is 0.319. The van der Waals surface area contributed by atoms with Crippen molar-refractivity contribution in [1.82, 2.24) is 15.4 Å². The molecule has 1 aromatic carbocycles. The molecule has 0 saturated carbocycles. The van der Waals surface area contributed by atoms with Crippen molar-refractivity contribution in [1.29, 1.82) is 0 Å². The summed E-state index contributed by atoms with van der Waals surface area (Å²) in [5, 5.41) is 6.41. The maximum Gasteiger partial charge on any atom is 0.241 e. The molecule has 0 aromatic heterocycles. The molecule has 0 aliphatic carbocycles. The van der Waals surface area contributed by atoms with Crippen molar-refractivity contribution < 1.29 is 13.2 Å². The molecular formula is C19H34N4O3S. The topological polar surface area (TPSA) is 91.8 Å². The van der Waals surface area contributed by atoms with Gasteiger partial charge in [0.25, 0.3) is 0 Å². The highest BCUT2D eigenvalue weighted by molar-refractivity contribution is 7.89. The third-order valence-electron chi connectivity index (χ3n) is 3.58. The molecule has 0 aliphatic heterocycles. The first-order valence-corrected chi connectivity index (χ1v) is 10.8. The molecule has 0 amide bonds. The number of rotatable bonds is 10. The van der Waals surface area contributed by atoms with E-state index in [1.165, 1.54) is 0 Å². The van der Waals surface area contributed by atoms with Crippen LogP contribution in [0.15, 0.2) is 34.2 Å².